The van der Waals surface area contributed by atoms with Gasteiger partial charge < -0.3 is 9.55 Å². The van der Waals surface area contributed by atoms with E-state index >= 15 is 0 Å². The molecule has 2 aromatic heterocycles. The number of nitro groups is 1. The molecular formula is C27H24N4O2S. The number of hydrogen-bond donors (Lipinski definition) is 1. The number of nitrogens with zero attached hydrogens (tertiary/aromatic N) is 3. The van der Waals surface area contributed by atoms with Crippen LogP contribution in [-0.2, 0) is 19.4 Å². The largest absolute Gasteiger partial charge is 0.361 e. The first-order valence-electron chi connectivity index (χ1n) is 11.2. The van der Waals surface area contributed by atoms with Crippen molar-refractivity contribution >= 4 is 33.6 Å². The van der Waals surface area contributed by atoms with Crippen LogP contribution in [0.4, 0.5) is 11.4 Å². The Morgan fingerprint density at radius 2 is 1.79 bits per heavy atom. The number of aryl methyl sites for hydroxylation is 2. The zero-order valence-electron chi connectivity index (χ0n) is 18.8. The second-order valence-electron chi connectivity index (χ2n) is 8.10. The number of thiazole rings is 1. The van der Waals surface area contributed by atoms with E-state index in [-0.39, 0.29) is 10.6 Å². The van der Waals surface area contributed by atoms with Crippen molar-refractivity contribution in [3.8, 4) is 11.3 Å². The lowest BCUT2D eigenvalue weighted by Crippen LogP contribution is -2.17. The molecule has 0 unspecified atom stereocenters. The number of H-pyrrole nitrogens is 1. The van der Waals surface area contributed by atoms with Gasteiger partial charge in [0.25, 0.3) is 5.69 Å². The molecule has 0 amide bonds. The summed E-state index contributed by atoms with van der Waals surface area (Å²) in [5, 5.41) is 14.4. The minimum atomic E-state index is -0.372. The van der Waals surface area contributed by atoms with E-state index in [1.807, 2.05) is 30.3 Å². The molecule has 0 aliphatic carbocycles. The summed E-state index contributed by atoms with van der Waals surface area (Å²) in [7, 11) is 0. The first-order chi connectivity index (χ1) is 16.6. The molecule has 1 N–H and O–H groups in total. The summed E-state index contributed by atoms with van der Waals surface area (Å²) in [4.78, 5) is 19.9. The van der Waals surface area contributed by atoms with Crippen LogP contribution in [-0.4, -0.2) is 14.5 Å². The molecule has 7 heteroatoms. The maximum absolute atomic E-state index is 11.1. The van der Waals surface area contributed by atoms with Gasteiger partial charge in [-0.2, -0.15) is 0 Å². The molecule has 6 nitrogen and oxygen atoms in total. The second kappa shape index (κ2) is 9.49. The highest BCUT2D eigenvalue weighted by atomic mass is 32.1. The highest BCUT2D eigenvalue weighted by Gasteiger charge is 2.12. The summed E-state index contributed by atoms with van der Waals surface area (Å²) in [6.07, 6.45) is 3.90. The fourth-order valence-electron chi connectivity index (χ4n) is 4.11. The van der Waals surface area contributed by atoms with Gasteiger partial charge in [-0.3, -0.25) is 10.1 Å². The molecule has 0 spiro atoms. The standard InChI is InChI=1S/C27H24N4O2S/c1-2-19-7-11-22(12-8-19)29-27-30(16-15-21-17-28-25-6-4-3-5-24(21)25)26(18-34-27)20-9-13-23(14-10-20)31(32)33/h3-14,17-18,28H,2,15-16H2,1H3. The third-order valence-corrected chi connectivity index (χ3v) is 6.88. The van der Waals surface area contributed by atoms with Crippen molar-refractivity contribution in [2.75, 3.05) is 0 Å². The predicted molar refractivity (Wildman–Crippen MR) is 137 cm³/mol. The van der Waals surface area contributed by atoms with Crippen LogP contribution in [0.1, 0.15) is 18.1 Å². The maximum atomic E-state index is 11.1. The van der Waals surface area contributed by atoms with E-state index in [9.17, 15) is 10.1 Å². The topological polar surface area (TPSA) is 76.2 Å². The lowest BCUT2D eigenvalue weighted by Gasteiger charge is -2.09. The molecule has 3 aromatic carbocycles. The molecule has 5 aromatic rings. The van der Waals surface area contributed by atoms with Crippen molar-refractivity contribution < 1.29 is 4.92 Å². The zero-order valence-corrected chi connectivity index (χ0v) is 19.6. The summed E-state index contributed by atoms with van der Waals surface area (Å²) in [6.45, 7) is 2.88. The SMILES string of the molecule is CCc1ccc(N=c2scc(-c3ccc([N+](=O)[O-])cc3)n2CCc2c[nH]c3ccccc23)cc1. The average Bonchev–Trinajstić information content (AvgIpc) is 3.47. The predicted octanol–water partition coefficient (Wildman–Crippen LogP) is 6.64. The van der Waals surface area contributed by atoms with Gasteiger partial charge in [0.05, 0.1) is 16.3 Å². The van der Waals surface area contributed by atoms with Gasteiger partial charge in [-0.15, -0.1) is 11.3 Å². The quantitative estimate of drug-likeness (QED) is 0.215. The van der Waals surface area contributed by atoms with Gasteiger partial charge in [0.15, 0.2) is 4.80 Å². The van der Waals surface area contributed by atoms with Crippen LogP contribution >= 0.6 is 11.3 Å². The Balaban J connectivity index is 1.54. The van der Waals surface area contributed by atoms with Gasteiger partial charge in [0.2, 0.25) is 0 Å². The van der Waals surface area contributed by atoms with E-state index in [1.54, 1.807) is 23.5 Å². The molecule has 0 saturated heterocycles. The summed E-state index contributed by atoms with van der Waals surface area (Å²) >= 11 is 1.58. The van der Waals surface area contributed by atoms with E-state index in [0.717, 1.165) is 46.6 Å². The molecule has 170 valence electrons. The van der Waals surface area contributed by atoms with Gasteiger partial charge in [-0.1, -0.05) is 37.3 Å². The van der Waals surface area contributed by atoms with Crippen LogP contribution in [0.25, 0.3) is 22.2 Å². The van der Waals surface area contributed by atoms with Crippen LogP contribution in [0.15, 0.2) is 89.4 Å². The van der Waals surface area contributed by atoms with Crippen molar-refractivity contribution in [2.24, 2.45) is 4.99 Å². The van der Waals surface area contributed by atoms with Gasteiger partial charge in [0, 0.05) is 41.2 Å². The van der Waals surface area contributed by atoms with Crippen molar-refractivity contribution in [3.63, 3.8) is 0 Å². The number of aromatic nitrogens is 2. The molecule has 34 heavy (non-hydrogen) atoms. The molecule has 0 saturated carbocycles. The van der Waals surface area contributed by atoms with E-state index in [1.165, 1.54) is 16.5 Å². The monoisotopic (exact) mass is 468 g/mol. The van der Waals surface area contributed by atoms with E-state index in [0.29, 0.717) is 0 Å². The van der Waals surface area contributed by atoms with Gasteiger partial charge in [-0.05, 0) is 59.9 Å². The number of rotatable bonds is 7. The molecule has 5 rings (SSSR count). The van der Waals surface area contributed by atoms with Crippen LogP contribution in [0.2, 0.25) is 0 Å². The summed E-state index contributed by atoms with van der Waals surface area (Å²) in [6, 6.07) is 23.3. The number of benzene rings is 3. The summed E-state index contributed by atoms with van der Waals surface area (Å²) in [5.74, 6) is 0. The number of nitrogens with one attached hydrogen (secondary N) is 1. The molecule has 0 atom stereocenters. The van der Waals surface area contributed by atoms with Crippen LogP contribution < -0.4 is 4.80 Å². The fraction of sp³-hybridized carbons (Fsp3) is 0.148. The number of hydrogen-bond acceptors (Lipinski definition) is 4. The first-order valence-corrected chi connectivity index (χ1v) is 12.1. The van der Waals surface area contributed by atoms with Gasteiger partial charge in [0.1, 0.15) is 0 Å². The Kier molecular flexibility index (Phi) is 6.10. The normalized spacial score (nSPS) is 11.9. The van der Waals surface area contributed by atoms with Crippen LogP contribution in [0.5, 0.6) is 0 Å². The minimum absolute atomic E-state index is 0.0882. The number of non-ortho nitro benzene ring substituents is 1. The molecule has 0 aliphatic heterocycles. The lowest BCUT2D eigenvalue weighted by atomic mass is 10.1. The highest BCUT2D eigenvalue weighted by Crippen LogP contribution is 2.25. The zero-order chi connectivity index (χ0) is 23.5. The number of aromatic amines is 1. The maximum Gasteiger partial charge on any atom is 0.269 e. The van der Waals surface area contributed by atoms with Crippen molar-refractivity contribution in [1.29, 1.82) is 0 Å². The van der Waals surface area contributed by atoms with Crippen LogP contribution in [0, 0.1) is 10.1 Å². The van der Waals surface area contributed by atoms with Crippen LogP contribution in [0.3, 0.4) is 0 Å². The second-order valence-corrected chi connectivity index (χ2v) is 8.94. The first kappa shape index (κ1) is 21.9. The molecule has 0 bridgehead atoms. The Morgan fingerprint density at radius 1 is 1.03 bits per heavy atom. The highest BCUT2D eigenvalue weighted by molar-refractivity contribution is 7.07. The van der Waals surface area contributed by atoms with E-state index < -0.39 is 0 Å². The van der Waals surface area contributed by atoms with Gasteiger partial charge >= 0.3 is 0 Å². The molecule has 0 aliphatic rings. The molecule has 0 radical (unpaired) electrons. The van der Waals surface area contributed by atoms with Gasteiger partial charge in [-0.25, -0.2) is 4.99 Å². The van der Waals surface area contributed by atoms with Crippen molar-refractivity contribution in [2.45, 2.75) is 26.3 Å². The van der Waals surface area contributed by atoms with Crippen molar-refractivity contribution in [3.05, 3.63) is 110 Å². The van der Waals surface area contributed by atoms with E-state index in [2.05, 4.69) is 58.4 Å². The molecule has 0 fully saturated rings. The number of fused-ring (bicyclic) bond motifs is 1. The van der Waals surface area contributed by atoms with E-state index in [4.69, 9.17) is 4.99 Å². The number of para-hydroxylation sites is 1. The lowest BCUT2D eigenvalue weighted by molar-refractivity contribution is -0.384. The minimum Gasteiger partial charge on any atom is -0.361 e. The molecule has 2 heterocycles. The smallest absolute Gasteiger partial charge is 0.269 e. The Labute approximate surface area is 201 Å². The third kappa shape index (κ3) is 4.43. The average molecular weight is 469 g/mol. The summed E-state index contributed by atoms with van der Waals surface area (Å²) < 4.78 is 2.21. The fourth-order valence-corrected chi connectivity index (χ4v) is 5.06. The van der Waals surface area contributed by atoms with Crippen molar-refractivity contribution in [1.82, 2.24) is 9.55 Å². The number of nitro benzene ring substituents is 1. The Bertz CT molecular complexity index is 1510. The third-order valence-electron chi connectivity index (χ3n) is 6.02. The Hall–Kier alpha value is -3.97. The Morgan fingerprint density at radius 3 is 2.53 bits per heavy atom. The summed E-state index contributed by atoms with van der Waals surface area (Å²) in [5.41, 5.74) is 6.60. The molecular weight excluding hydrogens is 444 g/mol.